The molecule has 0 fully saturated rings. The van der Waals surface area contributed by atoms with Crippen LogP contribution in [0.1, 0.15) is 36.7 Å². The van der Waals surface area contributed by atoms with Gasteiger partial charge in [-0.25, -0.2) is 14.3 Å². The molecular formula is C15H19N3O3S. The molecule has 118 valence electrons. The first-order valence-electron chi connectivity index (χ1n) is 6.82. The monoisotopic (exact) mass is 321 g/mol. The van der Waals surface area contributed by atoms with Gasteiger partial charge in [-0.3, -0.25) is 4.98 Å². The molecule has 2 rings (SSSR count). The number of ether oxygens (including phenoxy) is 1. The Bertz CT molecular complexity index is 728. The Balaban J connectivity index is 2.19. The molecule has 0 saturated carbocycles. The van der Waals surface area contributed by atoms with E-state index in [2.05, 4.69) is 10.1 Å². The number of aromatic nitrogens is 3. The van der Waals surface area contributed by atoms with Gasteiger partial charge in [0.2, 0.25) is 0 Å². The third kappa shape index (κ3) is 4.24. The van der Waals surface area contributed by atoms with Gasteiger partial charge in [0.25, 0.3) is 0 Å². The lowest BCUT2D eigenvalue weighted by Gasteiger charge is -2.19. The summed E-state index contributed by atoms with van der Waals surface area (Å²) in [5.74, 6) is -0.381. The summed E-state index contributed by atoms with van der Waals surface area (Å²) in [7, 11) is 0. The van der Waals surface area contributed by atoms with Crippen molar-refractivity contribution >= 4 is 17.7 Å². The predicted molar refractivity (Wildman–Crippen MR) is 85.3 cm³/mol. The predicted octanol–water partition coefficient (Wildman–Crippen LogP) is 2.30. The third-order valence-corrected chi connectivity index (χ3v) is 3.32. The second kappa shape index (κ2) is 6.39. The fraction of sp³-hybridized carbons (Fsp3) is 0.400. The molecule has 1 heterocycles. The number of nitrogens with zero attached hydrogens (tertiary/aromatic N) is 2. The number of nitrogens with one attached hydrogen (secondary N) is 1. The summed E-state index contributed by atoms with van der Waals surface area (Å²) < 4.78 is 6.67. The molecule has 1 aromatic heterocycles. The summed E-state index contributed by atoms with van der Waals surface area (Å²) in [6.45, 7) is 5.76. The van der Waals surface area contributed by atoms with Crippen molar-refractivity contribution in [2.75, 3.05) is 6.26 Å². The Morgan fingerprint density at radius 2 is 2.14 bits per heavy atom. The lowest BCUT2D eigenvalue weighted by atomic mass is 10.1. The minimum atomic E-state index is -0.542. The SMILES string of the molecule is CSc1nn(Cc2cccc(C(=O)OC(C)(C)C)c2)c(=O)[nH]1. The van der Waals surface area contributed by atoms with E-state index in [9.17, 15) is 9.59 Å². The van der Waals surface area contributed by atoms with E-state index in [1.54, 1.807) is 18.2 Å². The number of carbonyl (C=O) groups is 1. The van der Waals surface area contributed by atoms with E-state index in [0.717, 1.165) is 5.56 Å². The van der Waals surface area contributed by atoms with Gasteiger partial charge < -0.3 is 4.74 Å². The van der Waals surface area contributed by atoms with Gasteiger partial charge in [0.15, 0.2) is 5.16 Å². The molecule has 0 atom stereocenters. The van der Waals surface area contributed by atoms with Crippen LogP contribution < -0.4 is 5.69 Å². The Morgan fingerprint density at radius 1 is 1.41 bits per heavy atom. The van der Waals surface area contributed by atoms with Crippen molar-refractivity contribution in [2.45, 2.75) is 38.1 Å². The third-order valence-electron chi connectivity index (χ3n) is 2.75. The van der Waals surface area contributed by atoms with E-state index in [1.807, 2.05) is 33.1 Å². The summed E-state index contributed by atoms with van der Waals surface area (Å²) in [5, 5.41) is 4.72. The standard InChI is InChI=1S/C15H19N3O3S/c1-15(2,3)21-12(19)11-7-5-6-10(8-11)9-18-14(20)16-13(17-18)22-4/h5-8H,9H2,1-4H3,(H,16,17,20). The van der Waals surface area contributed by atoms with Crippen molar-refractivity contribution in [3.8, 4) is 0 Å². The van der Waals surface area contributed by atoms with Crippen LogP contribution in [0, 0.1) is 0 Å². The number of esters is 1. The summed E-state index contributed by atoms with van der Waals surface area (Å²) in [6, 6.07) is 7.02. The highest BCUT2D eigenvalue weighted by atomic mass is 32.2. The van der Waals surface area contributed by atoms with Crippen LogP contribution in [0.5, 0.6) is 0 Å². The van der Waals surface area contributed by atoms with Crippen molar-refractivity contribution in [1.29, 1.82) is 0 Å². The molecule has 0 bridgehead atoms. The Hall–Kier alpha value is -2.02. The second-order valence-corrected chi connectivity index (χ2v) is 6.59. The first-order valence-corrected chi connectivity index (χ1v) is 8.04. The van der Waals surface area contributed by atoms with Gasteiger partial charge in [-0.05, 0) is 44.7 Å². The lowest BCUT2D eigenvalue weighted by Crippen LogP contribution is -2.24. The fourth-order valence-electron chi connectivity index (χ4n) is 1.84. The molecule has 0 aliphatic carbocycles. The molecule has 1 N–H and O–H groups in total. The number of aromatic amines is 1. The Kier molecular flexibility index (Phi) is 4.75. The summed E-state index contributed by atoms with van der Waals surface area (Å²) >= 11 is 1.37. The molecule has 0 unspecified atom stereocenters. The molecule has 2 aromatic rings. The Labute approximate surface area is 132 Å². The number of hydrogen-bond acceptors (Lipinski definition) is 5. The van der Waals surface area contributed by atoms with Gasteiger partial charge in [-0.1, -0.05) is 23.9 Å². The van der Waals surface area contributed by atoms with Gasteiger partial charge in [0, 0.05) is 0 Å². The molecule has 0 aliphatic rings. The molecular weight excluding hydrogens is 302 g/mol. The van der Waals surface area contributed by atoms with Crippen molar-refractivity contribution in [3.63, 3.8) is 0 Å². The van der Waals surface area contributed by atoms with E-state index in [-0.39, 0.29) is 11.7 Å². The number of hydrogen-bond donors (Lipinski definition) is 1. The molecule has 0 saturated heterocycles. The average molecular weight is 321 g/mol. The molecule has 0 amide bonds. The maximum Gasteiger partial charge on any atom is 0.344 e. The number of benzene rings is 1. The highest BCUT2D eigenvalue weighted by Gasteiger charge is 2.18. The minimum Gasteiger partial charge on any atom is -0.456 e. The average Bonchev–Trinajstić information content (AvgIpc) is 2.78. The maximum atomic E-state index is 12.1. The molecule has 7 heteroatoms. The van der Waals surface area contributed by atoms with Crippen LogP contribution in [-0.2, 0) is 11.3 Å². The van der Waals surface area contributed by atoms with Crippen molar-refractivity contribution in [3.05, 3.63) is 45.9 Å². The zero-order valence-electron chi connectivity index (χ0n) is 13.0. The maximum absolute atomic E-state index is 12.1. The lowest BCUT2D eigenvalue weighted by molar-refractivity contribution is 0.00694. The molecule has 22 heavy (non-hydrogen) atoms. The van der Waals surface area contributed by atoms with E-state index in [1.165, 1.54) is 16.4 Å². The van der Waals surface area contributed by atoms with Gasteiger partial charge in [-0.2, -0.15) is 0 Å². The molecule has 0 radical (unpaired) electrons. The molecule has 0 aliphatic heterocycles. The fourth-order valence-corrected chi connectivity index (χ4v) is 2.21. The number of carbonyl (C=O) groups excluding carboxylic acids is 1. The minimum absolute atomic E-state index is 0.271. The van der Waals surface area contributed by atoms with Crippen molar-refractivity contribution in [2.24, 2.45) is 0 Å². The van der Waals surface area contributed by atoms with Crippen molar-refractivity contribution < 1.29 is 9.53 Å². The van der Waals surface area contributed by atoms with E-state index in [4.69, 9.17) is 4.74 Å². The van der Waals surface area contributed by atoms with Gasteiger partial charge >= 0.3 is 11.7 Å². The summed E-state index contributed by atoms with van der Waals surface area (Å²) in [5.41, 5.74) is 0.456. The number of thioether (sulfide) groups is 1. The van der Waals surface area contributed by atoms with Crippen LogP contribution in [0.4, 0.5) is 0 Å². The highest BCUT2D eigenvalue weighted by molar-refractivity contribution is 7.98. The summed E-state index contributed by atoms with van der Waals surface area (Å²) in [4.78, 5) is 26.5. The van der Waals surface area contributed by atoms with Crippen LogP contribution in [0.2, 0.25) is 0 Å². The van der Waals surface area contributed by atoms with Crippen LogP contribution in [0.3, 0.4) is 0 Å². The first-order chi connectivity index (χ1) is 10.3. The van der Waals surface area contributed by atoms with Crippen LogP contribution in [0.15, 0.2) is 34.2 Å². The highest BCUT2D eigenvalue weighted by Crippen LogP contribution is 2.14. The molecule has 6 nitrogen and oxygen atoms in total. The summed E-state index contributed by atoms with van der Waals surface area (Å²) in [6.07, 6.45) is 1.84. The van der Waals surface area contributed by atoms with E-state index < -0.39 is 5.60 Å². The number of rotatable bonds is 4. The quantitative estimate of drug-likeness (QED) is 0.690. The van der Waals surface area contributed by atoms with E-state index in [0.29, 0.717) is 17.3 Å². The van der Waals surface area contributed by atoms with Crippen LogP contribution in [0.25, 0.3) is 0 Å². The topological polar surface area (TPSA) is 77.0 Å². The van der Waals surface area contributed by atoms with E-state index >= 15 is 0 Å². The van der Waals surface area contributed by atoms with Crippen LogP contribution in [-0.4, -0.2) is 32.6 Å². The zero-order valence-corrected chi connectivity index (χ0v) is 13.9. The smallest absolute Gasteiger partial charge is 0.344 e. The van der Waals surface area contributed by atoms with Gasteiger partial charge in [0.05, 0.1) is 12.1 Å². The zero-order chi connectivity index (χ0) is 16.3. The van der Waals surface area contributed by atoms with Crippen LogP contribution >= 0.6 is 11.8 Å². The molecule has 0 spiro atoms. The first kappa shape index (κ1) is 16.4. The Morgan fingerprint density at radius 3 is 2.73 bits per heavy atom. The number of H-pyrrole nitrogens is 1. The largest absolute Gasteiger partial charge is 0.456 e. The molecule has 1 aromatic carbocycles. The van der Waals surface area contributed by atoms with Gasteiger partial charge in [-0.15, -0.1) is 5.10 Å². The second-order valence-electron chi connectivity index (χ2n) is 5.80. The van der Waals surface area contributed by atoms with Crippen molar-refractivity contribution in [1.82, 2.24) is 14.8 Å². The van der Waals surface area contributed by atoms with Gasteiger partial charge in [0.1, 0.15) is 5.60 Å². The normalized spacial score (nSPS) is 11.5.